The summed E-state index contributed by atoms with van der Waals surface area (Å²) >= 11 is 0. The van der Waals surface area contributed by atoms with E-state index in [2.05, 4.69) is 0 Å². The van der Waals surface area contributed by atoms with Gasteiger partial charge in [0.25, 0.3) is 11.8 Å². The molecule has 0 saturated carbocycles. The molecule has 1 aliphatic heterocycles. The number of rotatable bonds is 2. The van der Waals surface area contributed by atoms with Crippen LogP contribution in [0.15, 0.2) is 36.4 Å². The maximum absolute atomic E-state index is 12.3. The minimum Gasteiger partial charge on any atom is -0.458 e. The zero-order valence-electron chi connectivity index (χ0n) is 10.9. The number of carbonyl (C=O) groups excluding carboxylic acids is 3. The number of esters is 1. The first kappa shape index (κ1) is 12.6. The Labute approximate surface area is 115 Å². The highest BCUT2D eigenvalue weighted by Crippen LogP contribution is 2.29. The second kappa shape index (κ2) is 4.59. The van der Waals surface area contributed by atoms with Crippen molar-refractivity contribution >= 4 is 17.8 Å². The molecule has 5 nitrogen and oxygen atoms in total. The Balaban J connectivity index is 1.81. The van der Waals surface area contributed by atoms with E-state index in [1.54, 1.807) is 36.4 Å². The average Bonchev–Trinajstić information content (AvgIpc) is 2.94. The Morgan fingerprint density at radius 3 is 2.30 bits per heavy atom. The van der Waals surface area contributed by atoms with Gasteiger partial charge in [-0.25, -0.2) is 0 Å². The van der Waals surface area contributed by atoms with Crippen LogP contribution in [0, 0.1) is 0 Å². The van der Waals surface area contributed by atoms with E-state index < -0.39 is 0 Å². The third kappa shape index (κ3) is 1.91. The fourth-order valence-electron chi connectivity index (χ4n) is 2.65. The topological polar surface area (TPSA) is 63.7 Å². The summed E-state index contributed by atoms with van der Waals surface area (Å²) in [6.45, 7) is 1.34. The van der Waals surface area contributed by atoms with Crippen LogP contribution in [-0.2, 0) is 9.53 Å². The van der Waals surface area contributed by atoms with Crippen LogP contribution >= 0.6 is 0 Å². The lowest BCUT2D eigenvalue weighted by molar-refractivity contribution is -0.144. The quantitative estimate of drug-likeness (QED) is 0.465. The summed E-state index contributed by atoms with van der Waals surface area (Å²) in [5.41, 5.74) is 0.865. The highest BCUT2D eigenvalue weighted by Gasteiger charge is 2.41. The Morgan fingerprint density at radius 1 is 1.15 bits per heavy atom. The van der Waals surface area contributed by atoms with E-state index in [1.165, 1.54) is 11.8 Å². The third-order valence-corrected chi connectivity index (χ3v) is 3.50. The molecule has 102 valence electrons. The van der Waals surface area contributed by atoms with E-state index >= 15 is 0 Å². The molecule has 0 saturated heterocycles. The molecule has 0 fully saturated rings. The SMILES string of the molecule is CC(=O)OC1C=CC(N2C(=O)c3ccccc3C2=O)C1. The van der Waals surface area contributed by atoms with Gasteiger partial charge in [0.1, 0.15) is 6.10 Å². The lowest BCUT2D eigenvalue weighted by Gasteiger charge is -2.21. The Hall–Kier alpha value is -2.43. The van der Waals surface area contributed by atoms with Crippen molar-refractivity contribution in [2.45, 2.75) is 25.5 Å². The van der Waals surface area contributed by atoms with Gasteiger partial charge in [0.15, 0.2) is 0 Å². The number of ether oxygens (including phenoxy) is 1. The normalized spacial score (nSPS) is 24.1. The van der Waals surface area contributed by atoms with Crippen molar-refractivity contribution in [3.63, 3.8) is 0 Å². The van der Waals surface area contributed by atoms with Crippen LogP contribution in [-0.4, -0.2) is 34.8 Å². The van der Waals surface area contributed by atoms with Crippen LogP contribution in [0.4, 0.5) is 0 Å². The first-order valence-corrected chi connectivity index (χ1v) is 6.40. The fourth-order valence-corrected chi connectivity index (χ4v) is 2.65. The van der Waals surface area contributed by atoms with E-state index in [9.17, 15) is 14.4 Å². The van der Waals surface area contributed by atoms with Gasteiger partial charge in [-0.3, -0.25) is 19.3 Å². The summed E-state index contributed by atoms with van der Waals surface area (Å²) in [7, 11) is 0. The van der Waals surface area contributed by atoms with E-state index in [4.69, 9.17) is 4.74 Å². The molecule has 0 aromatic heterocycles. The molecule has 2 atom stereocenters. The number of amides is 2. The monoisotopic (exact) mass is 271 g/mol. The highest BCUT2D eigenvalue weighted by atomic mass is 16.5. The van der Waals surface area contributed by atoms with Gasteiger partial charge < -0.3 is 4.74 Å². The molecule has 0 radical (unpaired) electrons. The van der Waals surface area contributed by atoms with Gasteiger partial charge in [-0.05, 0) is 18.2 Å². The van der Waals surface area contributed by atoms with Crippen molar-refractivity contribution in [1.82, 2.24) is 4.90 Å². The molecule has 5 heteroatoms. The number of imide groups is 1. The van der Waals surface area contributed by atoms with Gasteiger partial charge in [-0.1, -0.05) is 18.2 Å². The van der Waals surface area contributed by atoms with E-state index in [1.807, 2.05) is 0 Å². The zero-order valence-corrected chi connectivity index (χ0v) is 10.9. The molecule has 1 aromatic carbocycles. The molecule has 2 aliphatic rings. The molecule has 1 aromatic rings. The molecule has 1 heterocycles. The van der Waals surface area contributed by atoms with Crippen molar-refractivity contribution in [3.8, 4) is 0 Å². The molecule has 2 unspecified atom stereocenters. The summed E-state index contributed by atoms with van der Waals surface area (Å²) in [5, 5.41) is 0. The fraction of sp³-hybridized carbons (Fsp3) is 0.267. The highest BCUT2D eigenvalue weighted by molar-refractivity contribution is 6.21. The van der Waals surface area contributed by atoms with E-state index in [-0.39, 0.29) is 29.9 Å². The Kier molecular flexibility index (Phi) is 2.89. The van der Waals surface area contributed by atoms with Crippen LogP contribution < -0.4 is 0 Å². The Morgan fingerprint density at radius 2 is 1.75 bits per heavy atom. The van der Waals surface area contributed by atoms with Crippen molar-refractivity contribution in [2.75, 3.05) is 0 Å². The van der Waals surface area contributed by atoms with Gasteiger partial charge in [-0.15, -0.1) is 0 Å². The van der Waals surface area contributed by atoms with Gasteiger partial charge in [-0.2, -0.15) is 0 Å². The predicted octanol–water partition coefficient (Wildman–Crippen LogP) is 1.54. The summed E-state index contributed by atoms with van der Waals surface area (Å²) in [6.07, 6.45) is 3.51. The smallest absolute Gasteiger partial charge is 0.303 e. The van der Waals surface area contributed by atoms with Crippen molar-refractivity contribution < 1.29 is 19.1 Å². The number of benzene rings is 1. The number of hydrogen-bond donors (Lipinski definition) is 0. The zero-order chi connectivity index (χ0) is 14.3. The van der Waals surface area contributed by atoms with Crippen LogP contribution in [0.5, 0.6) is 0 Å². The first-order valence-electron chi connectivity index (χ1n) is 6.40. The minimum absolute atomic E-state index is 0.288. The molecular weight excluding hydrogens is 258 g/mol. The molecule has 0 spiro atoms. The van der Waals surface area contributed by atoms with Crippen molar-refractivity contribution in [1.29, 1.82) is 0 Å². The second-order valence-corrected chi connectivity index (χ2v) is 4.86. The maximum atomic E-state index is 12.3. The lowest BCUT2D eigenvalue weighted by Crippen LogP contribution is -2.38. The molecular formula is C15H13NO4. The summed E-state index contributed by atoms with van der Waals surface area (Å²) < 4.78 is 5.07. The third-order valence-electron chi connectivity index (χ3n) is 3.50. The van der Waals surface area contributed by atoms with Gasteiger partial charge in [0.2, 0.25) is 0 Å². The number of hydrogen-bond acceptors (Lipinski definition) is 4. The number of fused-ring (bicyclic) bond motifs is 1. The van der Waals surface area contributed by atoms with Gasteiger partial charge in [0.05, 0.1) is 17.2 Å². The van der Waals surface area contributed by atoms with Gasteiger partial charge >= 0.3 is 5.97 Å². The largest absolute Gasteiger partial charge is 0.458 e. The summed E-state index contributed by atoms with van der Waals surface area (Å²) in [4.78, 5) is 36.7. The van der Waals surface area contributed by atoms with Crippen LogP contribution in [0.25, 0.3) is 0 Å². The van der Waals surface area contributed by atoms with E-state index in [0.29, 0.717) is 17.5 Å². The van der Waals surface area contributed by atoms with Crippen LogP contribution in [0.3, 0.4) is 0 Å². The summed E-state index contributed by atoms with van der Waals surface area (Å²) in [6, 6.07) is 6.42. The van der Waals surface area contributed by atoms with Crippen molar-refractivity contribution in [2.24, 2.45) is 0 Å². The van der Waals surface area contributed by atoms with E-state index in [0.717, 1.165) is 0 Å². The molecule has 0 N–H and O–H groups in total. The predicted molar refractivity (Wildman–Crippen MR) is 70.0 cm³/mol. The standard InChI is InChI=1S/C15H13NO4/c1-9(17)20-11-7-6-10(8-11)16-14(18)12-4-2-3-5-13(12)15(16)19/h2-7,10-11H,8H2,1H3. The molecule has 20 heavy (non-hydrogen) atoms. The molecule has 3 rings (SSSR count). The summed E-state index contributed by atoms with van der Waals surface area (Å²) in [5.74, 6) is -0.949. The Bertz CT molecular complexity index is 600. The first-order chi connectivity index (χ1) is 9.58. The molecule has 1 aliphatic carbocycles. The molecule has 0 bridgehead atoms. The second-order valence-electron chi connectivity index (χ2n) is 4.86. The average molecular weight is 271 g/mol. The van der Waals surface area contributed by atoms with Crippen LogP contribution in [0.1, 0.15) is 34.1 Å². The van der Waals surface area contributed by atoms with Crippen LogP contribution in [0.2, 0.25) is 0 Å². The lowest BCUT2D eigenvalue weighted by atomic mass is 10.1. The number of carbonyl (C=O) groups is 3. The van der Waals surface area contributed by atoms with Gasteiger partial charge in [0, 0.05) is 13.3 Å². The minimum atomic E-state index is -0.373. The maximum Gasteiger partial charge on any atom is 0.303 e. The van der Waals surface area contributed by atoms with Crippen molar-refractivity contribution in [3.05, 3.63) is 47.5 Å². The number of nitrogens with zero attached hydrogens (tertiary/aromatic N) is 1. The molecule has 2 amide bonds.